The molecule has 1 aromatic heterocycles. The summed E-state index contributed by atoms with van der Waals surface area (Å²) in [6, 6.07) is 9.26. The Hall–Kier alpha value is -2.22. The number of aromatic nitrogens is 2. The number of hydrogen-bond acceptors (Lipinski definition) is 5. The molecule has 0 aliphatic rings. The van der Waals surface area contributed by atoms with Crippen molar-refractivity contribution >= 4 is 5.91 Å². The van der Waals surface area contributed by atoms with Crippen molar-refractivity contribution in [2.75, 3.05) is 19.8 Å². The fraction of sp³-hybridized carbons (Fsp3) is 0.286. The number of nitrogens with zero attached hydrogens (tertiary/aromatic N) is 2. The molecule has 0 bridgehead atoms. The second-order valence-electron chi connectivity index (χ2n) is 4.72. The minimum absolute atomic E-state index is 0.263. The molecule has 7 nitrogen and oxygen atoms in total. The number of amides is 1. The second-order valence-corrected chi connectivity index (χ2v) is 4.72. The number of hydrogen-bond donors (Lipinski definition) is 4. The number of aliphatic hydroxyl groups excluding tert-OH is 3. The van der Waals surface area contributed by atoms with E-state index in [4.69, 9.17) is 0 Å². The molecule has 2 aromatic rings. The SMILES string of the molecule is O=C(NC(CO)(CO)CO)c1cnn(-c2ccccc2)c1. The summed E-state index contributed by atoms with van der Waals surface area (Å²) in [5.41, 5.74) is -0.390. The summed E-state index contributed by atoms with van der Waals surface area (Å²) < 4.78 is 1.54. The molecule has 0 spiro atoms. The van der Waals surface area contributed by atoms with Gasteiger partial charge in [0.05, 0.1) is 37.3 Å². The van der Waals surface area contributed by atoms with Gasteiger partial charge in [-0.3, -0.25) is 4.79 Å². The van der Waals surface area contributed by atoms with Crippen molar-refractivity contribution in [3.63, 3.8) is 0 Å². The lowest BCUT2D eigenvalue weighted by atomic mass is 10.0. The molecule has 1 heterocycles. The first-order valence-corrected chi connectivity index (χ1v) is 6.39. The third kappa shape index (κ3) is 3.27. The summed E-state index contributed by atoms with van der Waals surface area (Å²) in [5.74, 6) is -0.533. The van der Waals surface area contributed by atoms with Crippen LogP contribution in [0.2, 0.25) is 0 Å². The lowest BCUT2D eigenvalue weighted by molar-refractivity contribution is 0.0375. The van der Waals surface area contributed by atoms with Crippen molar-refractivity contribution in [2.45, 2.75) is 5.54 Å². The van der Waals surface area contributed by atoms with Crippen molar-refractivity contribution in [3.8, 4) is 5.69 Å². The molecule has 0 saturated carbocycles. The average Bonchev–Trinajstić information content (AvgIpc) is 3.04. The maximum Gasteiger partial charge on any atom is 0.255 e. The Morgan fingerprint density at radius 1 is 1.14 bits per heavy atom. The molecule has 0 unspecified atom stereocenters. The Labute approximate surface area is 121 Å². The summed E-state index contributed by atoms with van der Waals surface area (Å²) in [5, 5.41) is 34.1. The van der Waals surface area contributed by atoms with Crippen molar-refractivity contribution in [1.29, 1.82) is 0 Å². The molecule has 1 aromatic carbocycles. The van der Waals surface area contributed by atoms with Crippen LogP contribution in [-0.2, 0) is 0 Å². The molecule has 0 saturated heterocycles. The van der Waals surface area contributed by atoms with Crippen molar-refractivity contribution in [1.82, 2.24) is 15.1 Å². The first-order valence-electron chi connectivity index (χ1n) is 6.39. The highest BCUT2D eigenvalue weighted by Crippen LogP contribution is 2.09. The first-order chi connectivity index (χ1) is 10.1. The molecule has 0 radical (unpaired) electrons. The first kappa shape index (κ1) is 15.2. The Kier molecular flexibility index (Phi) is 4.69. The molecule has 0 aliphatic heterocycles. The average molecular weight is 291 g/mol. The second kappa shape index (κ2) is 6.49. The molecule has 21 heavy (non-hydrogen) atoms. The zero-order chi connectivity index (χ0) is 15.3. The van der Waals surface area contributed by atoms with E-state index in [0.29, 0.717) is 0 Å². The number of para-hydroxylation sites is 1. The van der Waals surface area contributed by atoms with Crippen molar-refractivity contribution < 1.29 is 20.1 Å². The van der Waals surface area contributed by atoms with Gasteiger partial charge in [-0.1, -0.05) is 18.2 Å². The van der Waals surface area contributed by atoms with Gasteiger partial charge in [0.15, 0.2) is 0 Å². The highest BCUT2D eigenvalue weighted by atomic mass is 16.3. The summed E-state index contributed by atoms with van der Waals surface area (Å²) in [7, 11) is 0. The number of carbonyl (C=O) groups excluding carboxylic acids is 1. The quantitative estimate of drug-likeness (QED) is 0.564. The molecule has 0 fully saturated rings. The zero-order valence-electron chi connectivity index (χ0n) is 11.3. The minimum atomic E-state index is -1.45. The monoisotopic (exact) mass is 291 g/mol. The van der Waals surface area contributed by atoms with Crippen molar-refractivity contribution in [2.24, 2.45) is 0 Å². The molecule has 2 rings (SSSR count). The number of rotatable bonds is 6. The van der Waals surface area contributed by atoms with Gasteiger partial charge in [-0.15, -0.1) is 0 Å². The van der Waals surface area contributed by atoms with Crippen LogP contribution < -0.4 is 5.32 Å². The van der Waals surface area contributed by atoms with Gasteiger partial charge >= 0.3 is 0 Å². The molecule has 4 N–H and O–H groups in total. The fourth-order valence-corrected chi connectivity index (χ4v) is 1.74. The normalized spacial score (nSPS) is 11.4. The van der Waals surface area contributed by atoms with Crippen LogP contribution in [0, 0.1) is 0 Å². The van der Waals surface area contributed by atoms with Crippen LogP contribution in [0.5, 0.6) is 0 Å². The Morgan fingerprint density at radius 2 is 1.76 bits per heavy atom. The number of benzene rings is 1. The van der Waals surface area contributed by atoms with Crippen molar-refractivity contribution in [3.05, 3.63) is 48.3 Å². The molecule has 112 valence electrons. The summed E-state index contributed by atoms with van der Waals surface area (Å²) in [4.78, 5) is 12.1. The Balaban J connectivity index is 2.16. The van der Waals surface area contributed by atoms with E-state index >= 15 is 0 Å². The topological polar surface area (TPSA) is 108 Å². The molecular weight excluding hydrogens is 274 g/mol. The van der Waals surface area contributed by atoms with E-state index in [-0.39, 0.29) is 5.56 Å². The van der Waals surface area contributed by atoms with Gasteiger partial charge in [-0.05, 0) is 12.1 Å². The maximum absolute atomic E-state index is 12.1. The van der Waals surface area contributed by atoms with E-state index in [1.807, 2.05) is 30.3 Å². The van der Waals surface area contributed by atoms with Gasteiger partial charge in [0.1, 0.15) is 5.54 Å². The zero-order valence-corrected chi connectivity index (χ0v) is 11.3. The smallest absolute Gasteiger partial charge is 0.255 e. The summed E-state index contributed by atoms with van der Waals surface area (Å²) in [6.45, 7) is -1.71. The number of carbonyl (C=O) groups is 1. The van der Waals surface area contributed by atoms with Crippen LogP contribution >= 0.6 is 0 Å². The predicted octanol–water partition coefficient (Wildman–Crippen LogP) is -0.682. The van der Waals surface area contributed by atoms with Gasteiger partial charge in [-0.2, -0.15) is 5.10 Å². The molecule has 0 atom stereocenters. The molecule has 0 aliphatic carbocycles. The minimum Gasteiger partial charge on any atom is -0.394 e. The maximum atomic E-state index is 12.1. The predicted molar refractivity (Wildman–Crippen MR) is 75.0 cm³/mol. The standard InChI is InChI=1S/C14H17N3O4/c18-8-14(9-19,10-20)16-13(21)11-6-15-17(7-11)12-4-2-1-3-5-12/h1-7,18-20H,8-10H2,(H,16,21). The number of aliphatic hydroxyl groups is 3. The van der Waals surface area contributed by atoms with E-state index in [1.165, 1.54) is 17.1 Å². The van der Waals surface area contributed by atoms with Gasteiger partial charge in [0.25, 0.3) is 5.91 Å². The summed E-state index contributed by atoms with van der Waals surface area (Å²) >= 11 is 0. The summed E-state index contributed by atoms with van der Waals surface area (Å²) in [6.07, 6.45) is 2.90. The van der Waals surface area contributed by atoms with Gasteiger partial charge in [0, 0.05) is 6.20 Å². The van der Waals surface area contributed by atoms with E-state index in [0.717, 1.165) is 5.69 Å². The Bertz CT molecular complexity index is 585. The largest absolute Gasteiger partial charge is 0.394 e. The fourth-order valence-electron chi connectivity index (χ4n) is 1.74. The van der Waals surface area contributed by atoms with E-state index in [2.05, 4.69) is 10.4 Å². The van der Waals surface area contributed by atoms with E-state index in [1.54, 1.807) is 0 Å². The highest BCUT2D eigenvalue weighted by Gasteiger charge is 2.30. The number of nitrogens with one attached hydrogen (secondary N) is 1. The van der Waals surface area contributed by atoms with Gasteiger partial charge in [0.2, 0.25) is 0 Å². The highest BCUT2D eigenvalue weighted by molar-refractivity contribution is 5.94. The van der Waals surface area contributed by atoms with Crippen LogP contribution in [0.4, 0.5) is 0 Å². The van der Waals surface area contributed by atoms with E-state index < -0.39 is 31.3 Å². The molecule has 7 heteroatoms. The lowest BCUT2D eigenvalue weighted by Gasteiger charge is -2.28. The van der Waals surface area contributed by atoms with Crippen LogP contribution in [0.1, 0.15) is 10.4 Å². The van der Waals surface area contributed by atoms with Crippen LogP contribution in [0.15, 0.2) is 42.7 Å². The van der Waals surface area contributed by atoms with Gasteiger partial charge in [-0.25, -0.2) is 4.68 Å². The van der Waals surface area contributed by atoms with Crippen LogP contribution in [0.25, 0.3) is 5.69 Å². The third-order valence-corrected chi connectivity index (χ3v) is 3.15. The molecular formula is C14H17N3O4. The van der Waals surface area contributed by atoms with E-state index in [9.17, 15) is 20.1 Å². The van der Waals surface area contributed by atoms with Crippen LogP contribution in [0.3, 0.4) is 0 Å². The molecule has 1 amide bonds. The lowest BCUT2D eigenvalue weighted by Crippen LogP contribution is -2.57. The van der Waals surface area contributed by atoms with Gasteiger partial charge < -0.3 is 20.6 Å². The Morgan fingerprint density at radius 3 is 2.33 bits per heavy atom. The van der Waals surface area contributed by atoms with Crippen LogP contribution in [-0.4, -0.2) is 56.4 Å². The third-order valence-electron chi connectivity index (χ3n) is 3.15.